The van der Waals surface area contributed by atoms with Crippen molar-refractivity contribution in [3.63, 3.8) is 0 Å². The number of nitrogens with one attached hydrogen (secondary N) is 2. The van der Waals surface area contributed by atoms with Crippen molar-refractivity contribution in [1.82, 2.24) is 19.5 Å². The van der Waals surface area contributed by atoms with Crippen LogP contribution >= 0.6 is 47.2 Å². The van der Waals surface area contributed by atoms with Crippen molar-refractivity contribution >= 4 is 63.2 Å². The third-order valence-electron chi connectivity index (χ3n) is 4.05. The van der Waals surface area contributed by atoms with Gasteiger partial charge in [0, 0.05) is 40.4 Å². The van der Waals surface area contributed by atoms with Crippen LogP contribution in [0.4, 0.5) is 0 Å². The van der Waals surface area contributed by atoms with Gasteiger partial charge in [-0.1, -0.05) is 41.4 Å². The topological polar surface area (TPSA) is 78.7 Å². The Morgan fingerprint density at radius 2 is 1.79 bits per heavy atom. The van der Waals surface area contributed by atoms with E-state index in [0.29, 0.717) is 34.8 Å². The summed E-state index contributed by atoms with van der Waals surface area (Å²) >= 11 is 12.1. The second-order valence-electron chi connectivity index (χ2n) is 6.01. The molecule has 1 heterocycles. The van der Waals surface area contributed by atoms with Crippen LogP contribution in [0, 0.1) is 0 Å². The first-order valence-electron chi connectivity index (χ1n) is 8.13. The van der Waals surface area contributed by atoms with E-state index < -0.39 is 10.0 Å². The zero-order valence-electron chi connectivity index (χ0n) is 16.0. The first kappa shape index (κ1) is 25.0. The van der Waals surface area contributed by atoms with Gasteiger partial charge in [0.25, 0.3) is 0 Å². The minimum atomic E-state index is -3.52. The average molecular weight is 560 g/mol. The van der Waals surface area contributed by atoms with E-state index in [1.54, 1.807) is 41.9 Å². The summed E-state index contributed by atoms with van der Waals surface area (Å²) in [6.45, 7) is 0.762. The van der Waals surface area contributed by atoms with Gasteiger partial charge in [0.05, 0.1) is 16.5 Å². The second kappa shape index (κ2) is 10.7. The molecule has 156 valence electrons. The Kier molecular flexibility index (Phi) is 9.54. The quantitative estimate of drug-likeness (QED) is 0.324. The monoisotopic (exact) mass is 559 g/mol. The van der Waals surface area contributed by atoms with Crippen LogP contribution in [0.15, 0.2) is 40.2 Å². The van der Waals surface area contributed by atoms with Crippen molar-refractivity contribution in [2.24, 2.45) is 12.0 Å². The highest BCUT2D eigenvalue weighted by atomic mass is 127. The normalized spacial score (nSPS) is 12.0. The molecule has 0 amide bonds. The molecule has 0 atom stereocenters. The molecule has 1 aromatic carbocycles. The minimum Gasteiger partial charge on any atom is -0.352 e. The lowest BCUT2D eigenvalue weighted by Gasteiger charge is -2.17. The van der Waals surface area contributed by atoms with Gasteiger partial charge in [0.15, 0.2) is 5.96 Å². The summed E-state index contributed by atoms with van der Waals surface area (Å²) in [6.07, 6.45) is 0. The number of rotatable bonds is 6. The van der Waals surface area contributed by atoms with Crippen molar-refractivity contribution in [1.29, 1.82) is 0 Å². The molecule has 0 unspecified atom stereocenters. The summed E-state index contributed by atoms with van der Waals surface area (Å²) in [7, 11) is 2.96. The Labute approximate surface area is 193 Å². The highest BCUT2D eigenvalue weighted by Crippen LogP contribution is 2.25. The van der Waals surface area contributed by atoms with Gasteiger partial charge in [-0.15, -0.1) is 24.0 Å². The lowest BCUT2D eigenvalue weighted by Crippen LogP contribution is -2.37. The maximum atomic E-state index is 12.5. The van der Waals surface area contributed by atoms with Gasteiger partial charge in [-0.25, -0.2) is 12.7 Å². The predicted molar refractivity (Wildman–Crippen MR) is 125 cm³/mol. The van der Waals surface area contributed by atoms with Gasteiger partial charge in [-0.2, -0.15) is 0 Å². The van der Waals surface area contributed by atoms with Crippen LogP contribution in [-0.4, -0.2) is 44.4 Å². The van der Waals surface area contributed by atoms with E-state index >= 15 is 0 Å². The molecule has 1 aromatic heterocycles. The molecule has 0 aliphatic carbocycles. The van der Waals surface area contributed by atoms with Gasteiger partial charge < -0.3 is 15.2 Å². The van der Waals surface area contributed by atoms with Crippen LogP contribution < -0.4 is 10.6 Å². The fraction of sp³-hybridized carbons (Fsp3) is 0.353. The fourth-order valence-corrected chi connectivity index (χ4v) is 3.96. The van der Waals surface area contributed by atoms with E-state index in [0.717, 1.165) is 5.69 Å². The molecule has 0 fully saturated rings. The molecular weight excluding hydrogens is 536 g/mol. The van der Waals surface area contributed by atoms with E-state index in [1.807, 2.05) is 7.05 Å². The number of hydrogen-bond acceptors (Lipinski definition) is 3. The number of halogens is 3. The van der Waals surface area contributed by atoms with Crippen molar-refractivity contribution in [2.75, 3.05) is 21.1 Å². The molecule has 7 nitrogen and oxygen atoms in total. The molecule has 0 aliphatic rings. The van der Waals surface area contributed by atoms with Crippen molar-refractivity contribution in [3.8, 4) is 0 Å². The number of nitrogens with zero attached hydrogens (tertiary/aromatic N) is 3. The van der Waals surface area contributed by atoms with Crippen LogP contribution in [-0.2, 0) is 30.2 Å². The summed E-state index contributed by atoms with van der Waals surface area (Å²) in [6, 6.07) is 8.65. The highest BCUT2D eigenvalue weighted by Gasteiger charge is 2.20. The molecule has 0 saturated carbocycles. The summed E-state index contributed by atoms with van der Waals surface area (Å²) in [5.41, 5.74) is 1.54. The van der Waals surface area contributed by atoms with Crippen LogP contribution in [0.3, 0.4) is 0 Å². The molecule has 11 heteroatoms. The first-order valence-corrected chi connectivity index (χ1v) is 10.3. The molecule has 0 saturated heterocycles. The van der Waals surface area contributed by atoms with Gasteiger partial charge in [0.2, 0.25) is 10.0 Å². The summed E-state index contributed by atoms with van der Waals surface area (Å²) < 4.78 is 27.9. The lowest BCUT2D eigenvalue weighted by atomic mass is 10.2. The van der Waals surface area contributed by atoms with Crippen LogP contribution in [0.2, 0.25) is 10.2 Å². The number of aliphatic imine (C=N–C) groups is 1. The zero-order valence-corrected chi connectivity index (χ0v) is 20.7. The molecule has 0 radical (unpaired) electrons. The molecule has 2 N–H and O–H groups in total. The van der Waals surface area contributed by atoms with Gasteiger partial charge in [-0.05, 0) is 17.7 Å². The molecule has 2 aromatic rings. The maximum absolute atomic E-state index is 12.5. The van der Waals surface area contributed by atoms with Gasteiger partial charge >= 0.3 is 0 Å². The summed E-state index contributed by atoms with van der Waals surface area (Å²) in [5, 5.41) is 7.25. The Morgan fingerprint density at radius 3 is 2.32 bits per heavy atom. The Balaban J connectivity index is 0.00000392. The first-order chi connectivity index (χ1) is 12.7. The Morgan fingerprint density at radius 1 is 1.18 bits per heavy atom. The van der Waals surface area contributed by atoms with Crippen LogP contribution in [0.25, 0.3) is 0 Å². The molecule has 0 spiro atoms. The number of guanidine groups is 1. The number of hydrogen-bond donors (Lipinski definition) is 2. The van der Waals surface area contributed by atoms with Crippen molar-refractivity contribution in [3.05, 3.63) is 51.8 Å². The smallest absolute Gasteiger partial charge is 0.242 e. The summed E-state index contributed by atoms with van der Waals surface area (Å²) in [4.78, 5) is 4.43. The van der Waals surface area contributed by atoms with E-state index in [4.69, 9.17) is 23.2 Å². The fourth-order valence-electron chi connectivity index (χ4n) is 2.43. The standard InChI is InChI=1S/C17H23Cl2N5O2S.HI/c1-20-17(22-11-13-9-14(18)16(19)24(13)4)21-10-12-7-5-6-8-15(12)27(25,26)23(2)3;/h5-9H,10-11H2,1-4H3,(H2,20,21,22);1H. The molecule has 28 heavy (non-hydrogen) atoms. The number of sulfonamides is 1. The van der Waals surface area contributed by atoms with Crippen molar-refractivity contribution in [2.45, 2.75) is 18.0 Å². The lowest BCUT2D eigenvalue weighted by molar-refractivity contribution is 0.519. The van der Waals surface area contributed by atoms with Gasteiger partial charge in [-0.3, -0.25) is 4.99 Å². The SMILES string of the molecule is CN=C(NCc1ccccc1S(=O)(=O)N(C)C)NCc1cc(Cl)c(Cl)n1C.I. The second-order valence-corrected chi connectivity index (χ2v) is 8.89. The minimum absolute atomic E-state index is 0. The maximum Gasteiger partial charge on any atom is 0.242 e. The van der Waals surface area contributed by atoms with Gasteiger partial charge in [0.1, 0.15) is 5.15 Å². The Hall–Kier alpha value is -1.01. The predicted octanol–water partition coefficient (Wildman–Crippen LogP) is 3.07. The third-order valence-corrected chi connectivity index (χ3v) is 6.81. The number of benzene rings is 1. The summed E-state index contributed by atoms with van der Waals surface area (Å²) in [5.74, 6) is 0.528. The average Bonchev–Trinajstić information content (AvgIpc) is 2.89. The van der Waals surface area contributed by atoms with E-state index in [-0.39, 0.29) is 28.9 Å². The molecule has 2 rings (SSSR count). The van der Waals surface area contributed by atoms with E-state index in [1.165, 1.54) is 18.4 Å². The van der Waals surface area contributed by atoms with E-state index in [9.17, 15) is 8.42 Å². The number of aromatic nitrogens is 1. The van der Waals surface area contributed by atoms with Crippen molar-refractivity contribution < 1.29 is 8.42 Å². The highest BCUT2D eigenvalue weighted by molar-refractivity contribution is 14.0. The van der Waals surface area contributed by atoms with Crippen LogP contribution in [0.1, 0.15) is 11.3 Å². The van der Waals surface area contributed by atoms with E-state index in [2.05, 4.69) is 15.6 Å². The largest absolute Gasteiger partial charge is 0.352 e. The molecular formula is C17H24Cl2IN5O2S. The zero-order chi connectivity index (χ0) is 20.2. The third kappa shape index (κ3) is 5.76. The molecule has 0 bridgehead atoms. The molecule has 0 aliphatic heterocycles. The Bertz CT molecular complexity index is 945. The van der Waals surface area contributed by atoms with Crippen LogP contribution in [0.5, 0.6) is 0 Å².